The summed E-state index contributed by atoms with van der Waals surface area (Å²) < 4.78 is 3.28. The molecule has 1 aliphatic heterocycles. The second-order valence-electron chi connectivity index (χ2n) is 12.7. The van der Waals surface area contributed by atoms with Gasteiger partial charge in [0.15, 0.2) is 5.69 Å². The number of anilines is 1. The van der Waals surface area contributed by atoms with Gasteiger partial charge in [0, 0.05) is 43.4 Å². The number of benzene rings is 2. The summed E-state index contributed by atoms with van der Waals surface area (Å²) in [5, 5.41) is 18.5. The Morgan fingerprint density at radius 3 is 2.42 bits per heavy atom. The minimum atomic E-state index is -0.460. The first kappa shape index (κ1) is 34.8. The average molecular weight is 696 g/mol. The van der Waals surface area contributed by atoms with Crippen LogP contribution in [0, 0.1) is 6.92 Å². The molecule has 5 aromatic rings. The summed E-state index contributed by atoms with van der Waals surface area (Å²) in [5.74, 6) is -0.937. The van der Waals surface area contributed by atoms with E-state index in [1.807, 2.05) is 36.1 Å². The van der Waals surface area contributed by atoms with Crippen molar-refractivity contribution >= 4 is 40.7 Å². The molecular weight excluding hydrogens is 654 g/mol. The predicted molar refractivity (Wildman–Crippen MR) is 193 cm³/mol. The first-order chi connectivity index (χ1) is 24.2. The van der Waals surface area contributed by atoms with Crippen LogP contribution < -0.4 is 5.32 Å². The number of nitrogens with zero attached hydrogens (tertiary/aromatic N) is 6. The van der Waals surface area contributed by atoms with E-state index >= 15 is 0 Å². The van der Waals surface area contributed by atoms with E-state index in [9.17, 15) is 19.5 Å². The molecule has 6 rings (SSSR count). The Morgan fingerprint density at radius 2 is 1.70 bits per heavy atom. The monoisotopic (exact) mass is 695 g/mol. The zero-order valence-electron chi connectivity index (χ0n) is 28.6. The normalized spacial score (nSPS) is 14.1. The Labute approximate surface area is 296 Å². The zero-order chi connectivity index (χ0) is 35.4. The summed E-state index contributed by atoms with van der Waals surface area (Å²) in [6, 6.07) is 17.7. The maximum Gasteiger partial charge on any atom is 0.275 e. The molecule has 0 saturated carbocycles. The number of unbranched alkanes of at least 4 members (excludes halogenated alkanes) is 2. The number of hydrogen-bond donors (Lipinski definition) is 2. The summed E-state index contributed by atoms with van der Waals surface area (Å²) in [6.07, 6.45) is 7.50. The predicted octanol–water partition coefficient (Wildman–Crippen LogP) is 6.34. The van der Waals surface area contributed by atoms with E-state index in [2.05, 4.69) is 24.1 Å². The number of aliphatic hydroxyl groups is 1. The molecule has 0 radical (unpaired) electrons. The Bertz CT molecular complexity index is 2030. The third kappa shape index (κ3) is 7.29. The second kappa shape index (κ2) is 15.3. The summed E-state index contributed by atoms with van der Waals surface area (Å²) in [5.41, 5.74) is 4.92. The number of aromatic nitrogens is 4. The summed E-state index contributed by atoms with van der Waals surface area (Å²) in [6.45, 7) is 7.44. The van der Waals surface area contributed by atoms with Crippen LogP contribution in [0.5, 0.6) is 0 Å². The van der Waals surface area contributed by atoms with Gasteiger partial charge in [-0.25, -0.2) is 9.67 Å². The van der Waals surface area contributed by atoms with E-state index < -0.39 is 11.9 Å². The Balaban J connectivity index is 1.38. The molecule has 0 saturated heterocycles. The van der Waals surface area contributed by atoms with Gasteiger partial charge in [0.1, 0.15) is 11.3 Å². The van der Waals surface area contributed by atoms with E-state index in [1.54, 1.807) is 62.8 Å². The van der Waals surface area contributed by atoms with Crippen molar-refractivity contribution in [1.29, 1.82) is 0 Å². The first-order valence-corrected chi connectivity index (χ1v) is 17.5. The van der Waals surface area contributed by atoms with Gasteiger partial charge in [-0.05, 0) is 73.7 Å². The van der Waals surface area contributed by atoms with Gasteiger partial charge in [0.05, 0.1) is 28.9 Å². The number of aliphatic hydroxyl groups excluding tert-OH is 1. The molecule has 12 heteroatoms. The van der Waals surface area contributed by atoms with Crippen molar-refractivity contribution in [3.05, 3.63) is 112 Å². The number of rotatable bonds is 12. The molecule has 1 aliphatic rings. The van der Waals surface area contributed by atoms with Crippen molar-refractivity contribution in [3.63, 3.8) is 0 Å². The lowest BCUT2D eigenvalue weighted by molar-refractivity contribution is 0.0544. The SMILES string of the molecule is CCCCN(CCCC)C(=O)c1cc(C)n(-c2ccc(NC(=O)c3cn4cc(Cl)ccc4n3)cc2C(=O)N2Cc3ccccc3C[C@H]2CO)n1. The Morgan fingerprint density at radius 1 is 0.960 bits per heavy atom. The van der Waals surface area contributed by atoms with Gasteiger partial charge in [0.25, 0.3) is 17.7 Å². The van der Waals surface area contributed by atoms with Crippen molar-refractivity contribution in [2.45, 2.75) is 65.5 Å². The van der Waals surface area contributed by atoms with Crippen molar-refractivity contribution in [2.24, 2.45) is 0 Å². The van der Waals surface area contributed by atoms with Crippen molar-refractivity contribution in [2.75, 3.05) is 25.0 Å². The molecule has 2 N–H and O–H groups in total. The number of carbonyl (C=O) groups excluding carboxylic acids is 3. The maximum absolute atomic E-state index is 14.6. The third-order valence-electron chi connectivity index (χ3n) is 9.14. The highest BCUT2D eigenvalue weighted by Gasteiger charge is 2.32. The number of carbonyl (C=O) groups is 3. The molecule has 0 aliphatic carbocycles. The lowest BCUT2D eigenvalue weighted by Crippen LogP contribution is -2.46. The van der Waals surface area contributed by atoms with Crippen molar-refractivity contribution < 1.29 is 19.5 Å². The van der Waals surface area contributed by atoms with Crippen molar-refractivity contribution in [3.8, 4) is 5.69 Å². The molecule has 0 unspecified atom stereocenters. The Hall–Kier alpha value is -5.00. The van der Waals surface area contributed by atoms with E-state index in [0.717, 1.165) is 36.8 Å². The van der Waals surface area contributed by atoms with Crippen LogP contribution in [0.2, 0.25) is 5.02 Å². The number of fused-ring (bicyclic) bond motifs is 2. The average Bonchev–Trinajstić information content (AvgIpc) is 3.73. The molecule has 4 heterocycles. The molecule has 3 amide bonds. The molecule has 1 atom stereocenters. The van der Waals surface area contributed by atoms with Gasteiger partial charge < -0.3 is 24.6 Å². The fourth-order valence-corrected chi connectivity index (χ4v) is 6.55. The van der Waals surface area contributed by atoms with E-state index in [0.29, 0.717) is 59.5 Å². The number of amides is 3. The van der Waals surface area contributed by atoms with Crippen LogP contribution in [-0.4, -0.2) is 77.5 Å². The van der Waals surface area contributed by atoms with Crippen LogP contribution in [0.25, 0.3) is 11.3 Å². The molecule has 0 fully saturated rings. The van der Waals surface area contributed by atoms with Crippen LogP contribution >= 0.6 is 11.6 Å². The smallest absolute Gasteiger partial charge is 0.275 e. The summed E-state index contributed by atoms with van der Waals surface area (Å²) in [7, 11) is 0. The second-order valence-corrected chi connectivity index (χ2v) is 13.2. The van der Waals surface area contributed by atoms with Crippen molar-refractivity contribution in [1.82, 2.24) is 29.0 Å². The minimum absolute atomic E-state index is 0.146. The van der Waals surface area contributed by atoms with Gasteiger partial charge in [-0.1, -0.05) is 62.6 Å². The lowest BCUT2D eigenvalue weighted by Gasteiger charge is -2.36. The first-order valence-electron chi connectivity index (χ1n) is 17.1. The largest absolute Gasteiger partial charge is 0.394 e. The van der Waals surface area contributed by atoms with E-state index in [-0.39, 0.29) is 29.7 Å². The highest BCUT2D eigenvalue weighted by molar-refractivity contribution is 6.30. The fraction of sp³-hybridized carbons (Fsp3) is 0.342. The van der Waals surface area contributed by atoms with Gasteiger partial charge in [-0.15, -0.1) is 0 Å². The van der Waals surface area contributed by atoms with E-state index in [4.69, 9.17) is 16.7 Å². The number of imidazole rings is 1. The third-order valence-corrected chi connectivity index (χ3v) is 9.37. The van der Waals surface area contributed by atoms with Gasteiger partial charge in [-0.2, -0.15) is 5.10 Å². The van der Waals surface area contributed by atoms with Gasteiger partial charge in [0.2, 0.25) is 0 Å². The molecule has 2 aromatic carbocycles. The number of hydrogen-bond acceptors (Lipinski definition) is 6. The summed E-state index contributed by atoms with van der Waals surface area (Å²) >= 11 is 6.12. The van der Waals surface area contributed by atoms with Crippen LogP contribution in [0.3, 0.4) is 0 Å². The highest BCUT2D eigenvalue weighted by atomic mass is 35.5. The Kier molecular flexibility index (Phi) is 10.6. The maximum atomic E-state index is 14.6. The fourth-order valence-electron chi connectivity index (χ4n) is 6.38. The van der Waals surface area contributed by atoms with Gasteiger partial charge >= 0.3 is 0 Å². The summed E-state index contributed by atoms with van der Waals surface area (Å²) in [4.78, 5) is 49.6. The number of aryl methyl sites for hydroxylation is 1. The molecule has 260 valence electrons. The standard InChI is InChI=1S/C38H42ClN7O4/c1-4-6-16-43(17-7-5-2)38(50)32-18-25(3)46(42-32)34-14-13-29(40-36(48)33-23-44-22-28(39)12-15-35(44)41-33)20-31(34)37(49)45-21-27-11-9-8-10-26(27)19-30(45)24-47/h8-15,18,20,22-23,30,47H,4-7,16-17,19,21,24H2,1-3H3,(H,40,48)/t30-/m0/s1. The molecule has 0 spiro atoms. The molecule has 3 aromatic heterocycles. The lowest BCUT2D eigenvalue weighted by atomic mass is 9.93. The molecule has 0 bridgehead atoms. The number of nitrogens with one attached hydrogen (secondary N) is 1. The van der Waals surface area contributed by atoms with Crippen LogP contribution in [-0.2, 0) is 13.0 Å². The van der Waals surface area contributed by atoms with Gasteiger partial charge in [-0.3, -0.25) is 14.4 Å². The highest BCUT2D eigenvalue weighted by Crippen LogP contribution is 2.29. The topological polar surface area (TPSA) is 125 Å². The van der Waals surface area contributed by atoms with E-state index in [1.165, 1.54) is 0 Å². The van der Waals surface area contributed by atoms with Crippen LogP contribution in [0.4, 0.5) is 5.69 Å². The molecule has 50 heavy (non-hydrogen) atoms. The van der Waals surface area contributed by atoms with Crippen LogP contribution in [0.1, 0.15) is 87.7 Å². The molecular formula is C38H42ClN7O4. The van der Waals surface area contributed by atoms with Crippen LogP contribution in [0.15, 0.2) is 73.1 Å². The zero-order valence-corrected chi connectivity index (χ0v) is 29.4. The minimum Gasteiger partial charge on any atom is -0.394 e. The molecule has 11 nitrogen and oxygen atoms in total. The number of halogens is 1. The quantitative estimate of drug-likeness (QED) is 0.157. The number of pyridine rings is 1.